The van der Waals surface area contributed by atoms with Crippen LogP contribution in [0.15, 0.2) is 84.0 Å². The standard InChI is InChI=1S/C39H45BrClN7O2/c40-31-22-30-13-12-29-23-32(41)14-15-34(29)37(36(30)43-24-31)46-20-21-48(39(50)44-33-10-5-2-6-11-33)35(26-46)38(49)47(25-28-8-3-1-4-9-28)18-7-17-45-19-16-42-27-45/h1,3-4,8-9,14-16,19,22-24,27,33,35,37H,2,5-7,10-13,17-18,20-21,25-26H2,(H,44,50)/t35-,37-/m1/s1. The lowest BCUT2D eigenvalue weighted by Crippen LogP contribution is -2.64. The predicted octanol–water partition coefficient (Wildman–Crippen LogP) is 7.03. The normalized spacial score (nSPS) is 19.7. The van der Waals surface area contributed by atoms with E-state index >= 15 is 0 Å². The lowest BCUT2D eigenvalue weighted by atomic mass is 9.94. The molecule has 2 fully saturated rings. The number of hydrogen-bond acceptors (Lipinski definition) is 5. The van der Waals surface area contributed by atoms with Gasteiger partial charge in [0.05, 0.1) is 18.1 Å². The maximum Gasteiger partial charge on any atom is 0.318 e. The van der Waals surface area contributed by atoms with Crippen molar-refractivity contribution in [2.45, 2.75) is 82.6 Å². The van der Waals surface area contributed by atoms with Gasteiger partial charge in [0.15, 0.2) is 0 Å². The molecule has 7 rings (SSSR count). The van der Waals surface area contributed by atoms with Crippen molar-refractivity contribution in [2.24, 2.45) is 0 Å². The van der Waals surface area contributed by atoms with Crippen LogP contribution in [-0.4, -0.2) is 79.4 Å². The number of carbonyl (C=O) groups is 2. The number of fused-ring (bicyclic) bond motifs is 2. The Morgan fingerprint density at radius 1 is 1.00 bits per heavy atom. The van der Waals surface area contributed by atoms with E-state index in [1.165, 1.54) is 17.5 Å². The van der Waals surface area contributed by atoms with Crippen LogP contribution >= 0.6 is 27.5 Å². The second kappa shape index (κ2) is 16.1. The van der Waals surface area contributed by atoms with Gasteiger partial charge in [0.25, 0.3) is 0 Å². The van der Waals surface area contributed by atoms with Crippen LogP contribution < -0.4 is 5.32 Å². The molecule has 3 heterocycles. The number of piperazine rings is 1. The molecule has 0 unspecified atom stereocenters. The van der Waals surface area contributed by atoms with Gasteiger partial charge in [-0.3, -0.25) is 14.7 Å². The number of urea groups is 1. The van der Waals surface area contributed by atoms with Crippen LogP contribution in [0.1, 0.15) is 72.5 Å². The monoisotopic (exact) mass is 757 g/mol. The van der Waals surface area contributed by atoms with Crippen LogP contribution in [0, 0.1) is 0 Å². The third kappa shape index (κ3) is 8.08. The van der Waals surface area contributed by atoms with Crippen LogP contribution in [0.3, 0.4) is 0 Å². The Hall–Kier alpha value is -3.73. The molecule has 1 saturated carbocycles. The number of halogens is 2. The van der Waals surface area contributed by atoms with Crippen molar-refractivity contribution >= 4 is 39.5 Å². The molecule has 2 aromatic heterocycles. The molecule has 4 aromatic rings. The minimum absolute atomic E-state index is 0.0306. The van der Waals surface area contributed by atoms with Crippen molar-refractivity contribution in [2.75, 3.05) is 26.2 Å². The van der Waals surface area contributed by atoms with E-state index < -0.39 is 6.04 Å². The molecule has 1 N–H and O–H groups in total. The first-order chi connectivity index (χ1) is 24.4. The van der Waals surface area contributed by atoms with Gasteiger partial charge in [-0.15, -0.1) is 0 Å². The van der Waals surface area contributed by atoms with Crippen molar-refractivity contribution in [1.29, 1.82) is 0 Å². The highest BCUT2D eigenvalue weighted by Gasteiger charge is 2.42. The molecule has 1 aliphatic heterocycles. The van der Waals surface area contributed by atoms with Crippen molar-refractivity contribution in [3.8, 4) is 0 Å². The summed E-state index contributed by atoms with van der Waals surface area (Å²) in [6, 6.07) is 17.6. The van der Waals surface area contributed by atoms with Gasteiger partial charge in [0, 0.05) is 73.4 Å². The molecule has 2 aliphatic carbocycles. The molecule has 0 spiro atoms. The molecule has 3 amide bonds. The number of aromatic nitrogens is 3. The van der Waals surface area contributed by atoms with Crippen LogP contribution in [0.5, 0.6) is 0 Å². The molecular weight excluding hydrogens is 714 g/mol. The number of pyridine rings is 1. The molecule has 2 atom stereocenters. The highest BCUT2D eigenvalue weighted by atomic mass is 79.9. The minimum Gasteiger partial charge on any atom is -0.337 e. The Bertz CT molecular complexity index is 1710. The Morgan fingerprint density at radius 3 is 2.62 bits per heavy atom. The van der Waals surface area contributed by atoms with E-state index in [4.69, 9.17) is 16.6 Å². The van der Waals surface area contributed by atoms with Gasteiger partial charge in [0.1, 0.15) is 6.04 Å². The lowest BCUT2D eigenvalue weighted by molar-refractivity contribution is -0.139. The van der Waals surface area contributed by atoms with E-state index in [2.05, 4.69) is 61.5 Å². The Labute approximate surface area is 308 Å². The Balaban J connectivity index is 1.22. The zero-order valence-corrected chi connectivity index (χ0v) is 30.7. The molecule has 50 heavy (non-hydrogen) atoms. The number of aryl methyl sites for hydroxylation is 3. The van der Waals surface area contributed by atoms with Crippen LogP contribution in [0.25, 0.3) is 0 Å². The third-order valence-corrected chi connectivity index (χ3v) is 11.1. The van der Waals surface area contributed by atoms with E-state index in [1.807, 2.05) is 57.4 Å². The maximum atomic E-state index is 15.0. The smallest absolute Gasteiger partial charge is 0.318 e. The quantitative estimate of drug-likeness (QED) is 0.198. The van der Waals surface area contributed by atoms with E-state index in [-0.39, 0.29) is 24.0 Å². The highest BCUT2D eigenvalue weighted by Crippen LogP contribution is 2.39. The second-order valence-electron chi connectivity index (χ2n) is 13.8. The number of rotatable bonds is 9. The first kappa shape index (κ1) is 34.7. The average molecular weight is 759 g/mol. The van der Waals surface area contributed by atoms with Crippen molar-refractivity contribution in [3.63, 3.8) is 0 Å². The van der Waals surface area contributed by atoms with Crippen LogP contribution in [-0.2, 0) is 30.7 Å². The molecule has 0 radical (unpaired) electrons. The first-order valence-corrected chi connectivity index (χ1v) is 19.1. The SMILES string of the molecule is O=C([C@H]1CN([C@@H]2c3ccc(Cl)cc3CCc3cc(Br)cnc32)CCN1C(=O)NC1CCCCC1)N(CCCn1ccnc1)Cc1ccccc1. The van der Waals surface area contributed by atoms with Gasteiger partial charge >= 0.3 is 6.03 Å². The predicted molar refractivity (Wildman–Crippen MR) is 199 cm³/mol. The molecule has 1 saturated heterocycles. The molecule has 0 bridgehead atoms. The molecule has 3 aliphatic rings. The van der Waals surface area contributed by atoms with Crippen molar-refractivity contribution < 1.29 is 9.59 Å². The highest BCUT2D eigenvalue weighted by molar-refractivity contribution is 9.10. The van der Waals surface area contributed by atoms with E-state index in [1.54, 1.807) is 6.20 Å². The van der Waals surface area contributed by atoms with Gasteiger partial charge in [0.2, 0.25) is 5.91 Å². The van der Waals surface area contributed by atoms with E-state index in [0.717, 1.165) is 72.8 Å². The summed E-state index contributed by atoms with van der Waals surface area (Å²) in [6.45, 7) is 3.24. The zero-order valence-electron chi connectivity index (χ0n) is 28.4. The van der Waals surface area contributed by atoms with Crippen molar-refractivity contribution in [1.82, 2.24) is 34.6 Å². The van der Waals surface area contributed by atoms with Crippen molar-refractivity contribution in [3.05, 3.63) is 117 Å². The van der Waals surface area contributed by atoms with Gasteiger partial charge in [-0.05, 0) is 88.5 Å². The third-order valence-electron chi connectivity index (χ3n) is 10.5. The number of imidazole rings is 1. The largest absolute Gasteiger partial charge is 0.337 e. The average Bonchev–Trinajstić information content (AvgIpc) is 3.60. The number of benzene rings is 2. The van der Waals surface area contributed by atoms with Gasteiger partial charge < -0.3 is 19.7 Å². The number of nitrogens with zero attached hydrogens (tertiary/aromatic N) is 6. The summed E-state index contributed by atoms with van der Waals surface area (Å²) in [4.78, 5) is 44.4. The fourth-order valence-corrected chi connectivity index (χ4v) is 8.50. The number of nitrogens with one attached hydrogen (secondary N) is 1. The van der Waals surface area contributed by atoms with E-state index in [9.17, 15) is 9.59 Å². The fourth-order valence-electron chi connectivity index (χ4n) is 7.92. The summed E-state index contributed by atoms with van der Waals surface area (Å²) in [5.74, 6) is -0.0306. The molecular formula is C39H45BrClN7O2. The second-order valence-corrected chi connectivity index (χ2v) is 15.2. The zero-order chi connectivity index (χ0) is 34.5. The van der Waals surface area contributed by atoms with Crippen LogP contribution in [0.4, 0.5) is 4.79 Å². The van der Waals surface area contributed by atoms with Gasteiger partial charge in [-0.1, -0.05) is 67.3 Å². The summed E-state index contributed by atoms with van der Waals surface area (Å²) in [6.07, 6.45) is 15.3. The number of amides is 3. The Morgan fingerprint density at radius 2 is 1.82 bits per heavy atom. The number of hydrogen-bond donors (Lipinski definition) is 1. The van der Waals surface area contributed by atoms with Crippen LogP contribution in [0.2, 0.25) is 5.02 Å². The summed E-state index contributed by atoms with van der Waals surface area (Å²) in [5, 5.41) is 4.04. The van der Waals surface area contributed by atoms with E-state index in [0.29, 0.717) is 37.7 Å². The number of carbonyl (C=O) groups excluding carboxylic acids is 2. The molecule has 11 heteroatoms. The Kier molecular flexibility index (Phi) is 11.2. The van der Waals surface area contributed by atoms with Gasteiger partial charge in [-0.25, -0.2) is 9.78 Å². The molecule has 2 aromatic carbocycles. The maximum absolute atomic E-state index is 15.0. The summed E-state index contributed by atoms with van der Waals surface area (Å²) in [5.41, 5.74) is 5.61. The minimum atomic E-state index is -0.665. The summed E-state index contributed by atoms with van der Waals surface area (Å²) < 4.78 is 2.99. The topological polar surface area (TPSA) is 86.6 Å². The molecule has 9 nitrogen and oxygen atoms in total. The summed E-state index contributed by atoms with van der Waals surface area (Å²) in [7, 11) is 0. The van der Waals surface area contributed by atoms with Gasteiger partial charge in [-0.2, -0.15) is 0 Å². The first-order valence-electron chi connectivity index (χ1n) is 17.9. The fraction of sp³-hybridized carbons (Fsp3) is 0.436. The molecule has 262 valence electrons. The lowest BCUT2D eigenvalue weighted by Gasteiger charge is -2.45. The summed E-state index contributed by atoms with van der Waals surface area (Å²) >= 11 is 10.2.